The van der Waals surface area contributed by atoms with E-state index in [-0.39, 0.29) is 68.7 Å². The molecule has 0 radical (unpaired) electrons. The van der Waals surface area contributed by atoms with Crippen LogP contribution >= 0.6 is 11.6 Å². The fourth-order valence-corrected chi connectivity index (χ4v) is 12.7. The first-order valence-electron chi connectivity index (χ1n) is 23.7. The number of nitro benzene ring substituents is 1. The number of aromatic amines is 1. The molecule has 2 aromatic heterocycles. The minimum absolute atomic E-state index is 0.0395. The molecular weight excluding hydrogens is 913 g/mol. The number of ether oxygens (including phenoxy) is 2. The van der Waals surface area contributed by atoms with Gasteiger partial charge in [-0.2, -0.15) is 0 Å². The second-order valence-electron chi connectivity index (χ2n) is 20.2. The topological polar surface area (TPSA) is 192 Å². The first-order valence-corrected chi connectivity index (χ1v) is 25.6. The summed E-state index contributed by atoms with van der Waals surface area (Å²) >= 11 is 6.54. The fourth-order valence-electron chi connectivity index (χ4n) is 11.6. The van der Waals surface area contributed by atoms with Crippen LogP contribution in [0.25, 0.3) is 11.0 Å². The Morgan fingerprint density at radius 3 is 2.53 bits per heavy atom. The van der Waals surface area contributed by atoms with Crippen molar-refractivity contribution < 1.29 is 37.1 Å². The van der Waals surface area contributed by atoms with Gasteiger partial charge in [-0.25, -0.2) is 22.5 Å². The molecule has 68 heavy (non-hydrogen) atoms. The molecule has 1 spiro atoms. The summed E-state index contributed by atoms with van der Waals surface area (Å²) in [5, 5.41) is 26.0. The summed E-state index contributed by atoms with van der Waals surface area (Å²) in [6.07, 6.45) is 10.3. The van der Waals surface area contributed by atoms with Crippen LogP contribution < -0.4 is 24.4 Å². The van der Waals surface area contributed by atoms with Crippen molar-refractivity contribution in [2.24, 2.45) is 11.3 Å². The number of nitrogens with one attached hydrogen (secondary N) is 3. The Bertz CT molecular complexity index is 2890. The molecule has 1 amide bonds. The van der Waals surface area contributed by atoms with Crippen molar-refractivity contribution in [2.45, 2.75) is 120 Å². The van der Waals surface area contributed by atoms with Gasteiger partial charge in [-0.15, -0.1) is 0 Å². The van der Waals surface area contributed by atoms with Crippen LogP contribution in [0.4, 0.5) is 21.5 Å². The molecule has 2 aliphatic carbocycles. The SMILES string of the molecule is CC(C)c1ccccc1[C@@H]1CCCN1C1CC2(CCN(c3ccc(C(=O)NS(=O)(=O)c4cc5c(c([N+](=O)[O-])c4)N[C@@H](C4CCC(C)(O)CC4)CO5)c(Oc4cc5c(F)c[nH]c5nc4Cl)c3)CC2)C1. The van der Waals surface area contributed by atoms with Crippen molar-refractivity contribution in [3.05, 3.63) is 105 Å². The normalized spacial score (nSPS) is 24.0. The number of nitro groups is 1. The lowest BCUT2D eigenvalue weighted by molar-refractivity contribution is -0.384. The number of carbonyl (C=O) groups excluding carboxylic acids is 1. The van der Waals surface area contributed by atoms with Gasteiger partial charge in [0.05, 0.1) is 32.4 Å². The molecule has 18 heteroatoms. The third kappa shape index (κ3) is 8.86. The van der Waals surface area contributed by atoms with Crippen LogP contribution in [0.2, 0.25) is 5.15 Å². The number of anilines is 2. The van der Waals surface area contributed by atoms with E-state index in [0.29, 0.717) is 43.7 Å². The van der Waals surface area contributed by atoms with Gasteiger partial charge in [-0.3, -0.25) is 19.8 Å². The van der Waals surface area contributed by atoms with Crippen LogP contribution in [-0.2, 0) is 10.0 Å². The summed E-state index contributed by atoms with van der Waals surface area (Å²) in [5.41, 5.74) is 2.63. The number of rotatable bonds is 11. The van der Waals surface area contributed by atoms with E-state index >= 15 is 0 Å². The Kier molecular flexibility index (Phi) is 12.1. The number of benzene rings is 3. The molecule has 2 atom stereocenters. The number of sulfonamides is 1. The van der Waals surface area contributed by atoms with Crippen LogP contribution in [0.5, 0.6) is 17.2 Å². The molecule has 5 heterocycles. The average molecular weight is 971 g/mol. The van der Waals surface area contributed by atoms with E-state index in [1.807, 2.05) is 0 Å². The number of pyridine rings is 1. The third-order valence-electron chi connectivity index (χ3n) is 15.4. The predicted octanol–water partition coefficient (Wildman–Crippen LogP) is 10.00. The number of aliphatic hydroxyl groups is 1. The molecule has 3 aliphatic heterocycles. The number of nitrogens with zero attached hydrogens (tertiary/aromatic N) is 4. The number of hydrogen-bond donors (Lipinski definition) is 4. The highest BCUT2D eigenvalue weighted by Gasteiger charge is 2.50. The van der Waals surface area contributed by atoms with Gasteiger partial charge in [0.25, 0.3) is 21.6 Å². The lowest BCUT2D eigenvalue weighted by Crippen LogP contribution is -2.54. The first-order chi connectivity index (χ1) is 32.5. The van der Waals surface area contributed by atoms with E-state index in [0.717, 1.165) is 69.3 Å². The van der Waals surface area contributed by atoms with E-state index < -0.39 is 42.9 Å². The Morgan fingerprint density at radius 2 is 1.79 bits per heavy atom. The van der Waals surface area contributed by atoms with Crippen molar-refractivity contribution in [3.63, 3.8) is 0 Å². The molecule has 0 unspecified atom stereocenters. The van der Waals surface area contributed by atoms with Crippen molar-refractivity contribution in [3.8, 4) is 17.2 Å². The number of H-pyrrole nitrogens is 1. The van der Waals surface area contributed by atoms with Gasteiger partial charge in [-0.05, 0) is 124 Å². The predicted molar refractivity (Wildman–Crippen MR) is 257 cm³/mol. The second kappa shape index (κ2) is 17.8. The van der Waals surface area contributed by atoms with Gasteiger partial charge in [0.15, 0.2) is 22.3 Å². The highest BCUT2D eigenvalue weighted by molar-refractivity contribution is 7.90. The Balaban J connectivity index is 0.874. The van der Waals surface area contributed by atoms with Crippen molar-refractivity contribution >= 4 is 55.6 Å². The van der Waals surface area contributed by atoms with Crippen LogP contribution in [0, 0.1) is 27.3 Å². The van der Waals surface area contributed by atoms with Gasteiger partial charge in [0, 0.05) is 55.3 Å². The number of fused-ring (bicyclic) bond motifs is 2. The van der Waals surface area contributed by atoms with Crippen LogP contribution in [0.15, 0.2) is 71.8 Å². The molecule has 3 aromatic carbocycles. The number of carbonyl (C=O) groups is 1. The van der Waals surface area contributed by atoms with Crippen LogP contribution in [0.3, 0.4) is 0 Å². The number of likely N-dealkylation sites (tertiary alicyclic amines) is 1. The van der Waals surface area contributed by atoms with Gasteiger partial charge >= 0.3 is 0 Å². The quantitative estimate of drug-likeness (QED) is 0.0557. The molecule has 5 aliphatic rings. The monoisotopic (exact) mass is 969 g/mol. The van der Waals surface area contributed by atoms with Crippen molar-refractivity contribution in [2.75, 3.05) is 36.5 Å². The van der Waals surface area contributed by atoms with Crippen LogP contribution in [0.1, 0.15) is 118 Å². The summed E-state index contributed by atoms with van der Waals surface area (Å²) in [6, 6.07) is 17.8. The Labute approximate surface area is 399 Å². The van der Waals surface area contributed by atoms with Gasteiger partial charge in [0.1, 0.15) is 23.8 Å². The largest absolute Gasteiger partial charge is 0.489 e. The highest BCUT2D eigenvalue weighted by atomic mass is 35.5. The fraction of sp³-hybridized carbons (Fsp3) is 0.480. The molecule has 2 saturated carbocycles. The summed E-state index contributed by atoms with van der Waals surface area (Å²) in [6.45, 7) is 9.08. The summed E-state index contributed by atoms with van der Waals surface area (Å²) in [5.74, 6) is -1.28. The average Bonchev–Trinajstić information content (AvgIpc) is 3.93. The maximum absolute atomic E-state index is 14.7. The first kappa shape index (κ1) is 46.2. The Morgan fingerprint density at radius 1 is 1.04 bits per heavy atom. The maximum atomic E-state index is 14.7. The lowest BCUT2D eigenvalue weighted by atomic mass is 9.59. The van der Waals surface area contributed by atoms with E-state index in [4.69, 9.17) is 21.1 Å². The van der Waals surface area contributed by atoms with E-state index in [2.05, 4.69) is 67.9 Å². The second-order valence-corrected chi connectivity index (χ2v) is 22.3. The minimum atomic E-state index is -4.75. The standard InChI is InChI=1S/C50H57ClFN7O8S/c1-29(2)34-7-4-5-8-35(34)40-9-6-18-58(40)32-25-50(26-32)16-19-57(20-17-50)31-10-11-36(42(21-31)67-44-24-37-38(52)27-53-47(37)55-46(44)51)48(60)56-68(64,65)33-22-41(59(62)63)45-43(23-33)66-28-39(54-45)30-12-14-49(3,61)15-13-30/h4-5,7-8,10-11,21-24,27,29-30,32,39-40,54,61H,6,9,12-20,25-26,28H2,1-3H3,(H,53,55)(H,56,60)/t30?,39-,40+,49?/m1/s1. The van der Waals surface area contributed by atoms with Gasteiger partial charge < -0.3 is 29.8 Å². The Hall–Kier alpha value is -5.49. The van der Waals surface area contributed by atoms with Crippen LogP contribution in [-0.4, -0.2) is 83.1 Å². The summed E-state index contributed by atoms with van der Waals surface area (Å²) in [4.78, 5) is 37.2. The maximum Gasteiger partial charge on any atom is 0.297 e. The zero-order valence-corrected chi connectivity index (χ0v) is 40.0. The minimum Gasteiger partial charge on any atom is -0.489 e. The number of halogens is 2. The number of amides is 1. The number of aromatic nitrogens is 2. The van der Waals surface area contributed by atoms with Crippen molar-refractivity contribution in [1.29, 1.82) is 0 Å². The third-order valence-corrected chi connectivity index (χ3v) is 17.0. The van der Waals surface area contributed by atoms with E-state index in [1.54, 1.807) is 19.1 Å². The lowest BCUT2D eigenvalue weighted by Gasteiger charge is -2.56. The number of piperidine rings is 1. The highest BCUT2D eigenvalue weighted by Crippen LogP contribution is 2.54. The van der Waals surface area contributed by atoms with E-state index in [1.165, 1.54) is 36.1 Å². The molecule has 4 N–H and O–H groups in total. The molecule has 15 nitrogen and oxygen atoms in total. The van der Waals surface area contributed by atoms with Crippen molar-refractivity contribution in [1.82, 2.24) is 19.6 Å². The summed E-state index contributed by atoms with van der Waals surface area (Å²) in [7, 11) is -4.75. The molecule has 360 valence electrons. The molecule has 10 rings (SSSR count). The van der Waals surface area contributed by atoms with E-state index in [9.17, 15) is 32.8 Å². The number of hydrogen-bond acceptors (Lipinski definition) is 12. The molecular formula is C50H57ClFN7O8S. The summed E-state index contributed by atoms with van der Waals surface area (Å²) < 4.78 is 57.0. The molecule has 0 bridgehead atoms. The zero-order valence-electron chi connectivity index (χ0n) is 38.4. The van der Waals surface area contributed by atoms with Gasteiger partial charge in [-0.1, -0.05) is 49.7 Å². The molecule has 2 saturated heterocycles. The zero-order chi connectivity index (χ0) is 47.7. The molecule has 5 aromatic rings. The smallest absolute Gasteiger partial charge is 0.297 e. The molecule has 4 fully saturated rings. The van der Waals surface area contributed by atoms with Gasteiger partial charge in [0.2, 0.25) is 0 Å².